The fraction of sp³-hybridized carbons (Fsp3) is 0.500. The molecule has 1 atom stereocenters. The molecule has 0 saturated heterocycles. The van der Waals surface area contributed by atoms with Crippen LogP contribution in [0, 0.1) is 0 Å². The maximum atomic E-state index is 11.5. The first-order valence-electron chi connectivity index (χ1n) is 6.52. The lowest BCUT2D eigenvalue weighted by atomic mass is 10.3. The van der Waals surface area contributed by atoms with Crippen LogP contribution >= 0.6 is 0 Å². The summed E-state index contributed by atoms with van der Waals surface area (Å²) < 4.78 is 5.43. The summed E-state index contributed by atoms with van der Waals surface area (Å²) in [5.41, 5.74) is 0. The summed E-state index contributed by atoms with van der Waals surface area (Å²) in [7, 11) is 0. The number of hydrogen-bond donors (Lipinski definition) is 3. The molecule has 0 radical (unpaired) electrons. The van der Waals surface area contributed by atoms with E-state index in [2.05, 4.69) is 10.6 Å². The number of amides is 1. The lowest BCUT2D eigenvalue weighted by Gasteiger charge is -2.09. The first kappa shape index (κ1) is 15.5. The minimum atomic E-state index is -0.366. The molecule has 0 bridgehead atoms. The van der Waals surface area contributed by atoms with Crippen LogP contribution in [0.15, 0.2) is 30.3 Å². The van der Waals surface area contributed by atoms with Crippen LogP contribution in [0.1, 0.15) is 13.3 Å². The van der Waals surface area contributed by atoms with Gasteiger partial charge in [0, 0.05) is 19.6 Å². The first-order chi connectivity index (χ1) is 9.18. The van der Waals surface area contributed by atoms with Crippen molar-refractivity contribution >= 4 is 5.91 Å². The number of para-hydroxylation sites is 1. The molecule has 0 aliphatic rings. The minimum absolute atomic E-state index is 0.0326. The van der Waals surface area contributed by atoms with Crippen molar-refractivity contribution < 1.29 is 14.6 Å². The van der Waals surface area contributed by atoms with E-state index >= 15 is 0 Å². The van der Waals surface area contributed by atoms with E-state index in [1.807, 2.05) is 30.3 Å². The third kappa shape index (κ3) is 8.18. The number of aliphatic hydroxyl groups excluding tert-OH is 1. The van der Waals surface area contributed by atoms with Gasteiger partial charge in [0.1, 0.15) is 5.75 Å². The molecule has 106 valence electrons. The Morgan fingerprint density at radius 3 is 2.74 bits per heavy atom. The van der Waals surface area contributed by atoms with Crippen molar-refractivity contribution in [2.75, 3.05) is 26.2 Å². The predicted octanol–water partition coefficient (Wildman–Crippen LogP) is 0.542. The van der Waals surface area contributed by atoms with Crippen LogP contribution in [0.4, 0.5) is 0 Å². The minimum Gasteiger partial charge on any atom is -0.493 e. The third-order valence-corrected chi connectivity index (χ3v) is 2.40. The van der Waals surface area contributed by atoms with E-state index in [1.54, 1.807) is 6.92 Å². The van der Waals surface area contributed by atoms with E-state index in [-0.39, 0.29) is 12.0 Å². The highest BCUT2D eigenvalue weighted by atomic mass is 16.5. The highest BCUT2D eigenvalue weighted by molar-refractivity contribution is 5.75. The lowest BCUT2D eigenvalue weighted by Crippen LogP contribution is -2.34. The van der Waals surface area contributed by atoms with Gasteiger partial charge in [-0.1, -0.05) is 18.2 Å². The van der Waals surface area contributed by atoms with Gasteiger partial charge in [-0.3, -0.25) is 4.79 Å². The molecule has 1 rings (SSSR count). The van der Waals surface area contributed by atoms with Gasteiger partial charge in [0.25, 0.3) is 0 Å². The van der Waals surface area contributed by atoms with Gasteiger partial charge in [0.15, 0.2) is 0 Å². The molecule has 1 amide bonds. The summed E-state index contributed by atoms with van der Waals surface area (Å²) in [6.07, 6.45) is -0.0272. The molecule has 0 heterocycles. The number of benzene rings is 1. The van der Waals surface area contributed by atoms with E-state index in [0.717, 1.165) is 5.75 Å². The maximum Gasteiger partial charge on any atom is 0.223 e. The Morgan fingerprint density at radius 2 is 2.05 bits per heavy atom. The number of carbonyl (C=O) groups excluding carboxylic acids is 1. The lowest BCUT2D eigenvalue weighted by molar-refractivity contribution is -0.121. The number of carbonyl (C=O) groups is 1. The molecule has 0 fully saturated rings. The average molecular weight is 266 g/mol. The summed E-state index contributed by atoms with van der Waals surface area (Å²) in [5.74, 6) is 0.740. The zero-order valence-corrected chi connectivity index (χ0v) is 11.3. The highest BCUT2D eigenvalue weighted by Crippen LogP contribution is 2.08. The van der Waals surface area contributed by atoms with Crippen molar-refractivity contribution in [1.29, 1.82) is 0 Å². The van der Waals surface area contributed by atoms with Crippen LogP contribution in [0.2, 0.25) is 0 Å². The molecule has 3 N–H and O–H groups in total. The number of nitrogens with one attached hydrogen (secondary N) is 2. The van der Waals surface area contributed by atoms with E-state index in [4.69, 9.17) is 9.84 Å². The molecule has 1 aromatic carbocycles. The normalized spacial score (nSPS) is 11.9. The van der Waals surface area contributed by atoms with Gasteiger partial charge in [-0.25, -0.2) is 0 Å². The van der Waals surface area contributed by atoms with Crippen molar-refractivity contribution in [3.8, 4) is 5.75 Å². The van der Waals surface area contributed by atoms with Crippen molar-refractivity contribution in [1.82, 2.24) is 10.6 Å². The van der Waals surface area contributed by atoms with Crippen LogP contribution in [0.5, 0.6) is 5.75 Å². The van der Waals surface area contributed by atoms with Crippen molar-refractivity contribution in [3.05, 3.63) is 30.3 Å². The molecule has 0 aliphatic heterocycles. The summed E-state index contributed by atoms with van der Waals surface area (Å²) >= 11 is 0. The van der Waals surface area contributed by atoms with Crippen LogP contribution in [-0.4, -0.2) is 43.4 Å². The zero-order chi connectivity index (χ0) is 13.9. The smallest absolute Gasteiger partial charge is 0.223 e. The predicted molar refractivity (Wildman–Crippen MR) is 74.1 cm³/mol. The molecule has 0 aromatic heterocycles. The van der Waals surface area contributed by atoms with Gasteiger partial charge in [-0.05, 0) is 19.1 Å². The van der Waals surface area contributed by atoms with Crippen molar-refractivity contribution in [2.24, 2.45) is 0 Å². The molecular weight excluding hydrogens is 244 g/mol. The molecule has 5 nitrogen and oxygen atoms in total. The Hall–Kier alpha value is -1.59. The second kappa shape index (κ2) is 9.35. The topological polar surface area (TPSA) is 70.6 Å². The van der Waals surface area contributed by atoms with Crippen LogP contribution in [-0.2, 0) is 4.79 Å². The van der Waals surface area contributed by atoms with Gasteiger partial charge < -0.3 is 20.5 Å². The van der Waals surface area contributed by atoms with Gasteiger partial charge in [0.05, 0.1) is 19.1 Å². The third-order valence-electron chi connectivity index (χ3n) is 2.40. The quantitative estimate of drug-likeness (QED) is 0.571. The molecular formula is C14H22N2O3. The average Bonchev–Trinajstić information content (AvgIpc) is 2.39. The summed E-state index contributed by atoms with van der Waals surface area (Å²) in [6, 6.07) is 9.42. The van der Waals surface area contributed by atoms with Crippen molar-refractivity contribution in [2.45, 2.75) is 19.4 Å². The number of rotatable bonds is 9. The Kier molecular flexibility index (Phi) is 7.62. The fourth-order valence-electron chi connectivity index (χ4n) is 1.47. The van der Waals surface area contributed by atoms with E-state index in [0.29, 0.717) is 32.7 Å². The molecule has 1 aromatic rings. The molecule has 0 aliphatic carbocycles. The highest BCUT2D eigenvalue weighted by Gasteiger charge is 2.01. The molecule has 5 heteroatoms. The first-order valence-corrected chi connectivity index (χ1v) is 6.52. The number of aliphatic hydroxyl groups is 1. The number of hydrogen-bond acceptors (Lipinski definition) is 4. The Balaban J connectivity index is 1.99. The molecule has 1 unspecified atom stereocenters. The Morgan fingerprint density at radius 1 is 1.32 bits per heavy atom. The van der Waals surface area contributed by atoms with Gasteiger partial charge in [0.2, 0.25) is 5.91 Å². The Labute approximate surface area is 114 Å². The van der Waals surface area contributed by atoms with Crippen LogP contribution in [0.3, 0.4) is 0 Å². The number of ether oxygens (including phenoxy) is 1. The van der Waals surface area contributed by atoms with Crippen LogP contribution in [0.25, 0.3) is 0 Å². The molecule has 0 spiro atoms. The van der Waals surface area contributed by atoms with Crippen molar-refractivity contribution in [3.63, 3.8) is 0 Å². The summed E-state index contributed by atoms with van der Waals surface area (Å²) in [4.78, 5) is 11.5. The summed E-state index contributed by atoms with van der Waals surface area (Å²) in [5, 5.41) is 14.8. The summed E-state index contributed by atoms with van der Waals surface area (Å²) in [6.45, 7) is 3.82. The monoisotopic (exact) mass is 266 g/mol. The fourth-order valence-corrected chi connectivity index (χ4v) is 1.47. The standard InChI is InChI=1S/C14H22N2O3/c1-12(17)11-15-8-9-16-14(18)7-10-19-13-5-3-2-4-6-13/h2-6,12,15,17H,7-11H2,1H3,(H,16,18). The van der Waals surface area contributed by atoms with E-state index in [1.165, 1.54) is 0 Å². The zero-order valence-electron chi connectivity index (χ0n) is 11.3. The van der Waals surface area contributed by atoms with E-state index in [9.17, 15) is 4.79 Å². The van der Waals surface area contributed by atoms with Gasteiger partial charge >= 0.3 is 0 Å². The van der Waals surface area contributed by atoms with Gasteiger partial charge in [-0.2, -0.15) is 0 Å². The van der Waals surface area contributed by atoms with Gasteiger partial charge in [-0.15, -0.1) is 0 Å². The SMILES string of the molecule is CC(O)CNCCNC(=O)CCOc1ccccc1. The second-order valence-electron chi connectivity index (χ2n) is 4.31. The van der Waals surface area contributed by atoms with E-state index < -0.39 is 0 Å². The molecule has 19 heavy (non-hydrogen) atoms. The Bertz CT molecular complexity index is 355. The van der Waals surface area contributed by atoms with Crippen LogP contribution < -0.4 is 15.4 Å². The maximum absolute atomic E-state index is 11.5. The largest absolute Gasteiger partial charge is 0.493 e. The molecule has 0 saturated carbocycles. The second-order valence-corrected chi connectivity index (χ2v) is 4.31.